The minimum Gasteiger partial charge on any atom is -0.390 e. The molecule has 0 bridgehead atoms. The molecule has 96 valence electrons. The van der Waals surface area contributed by atoms with Crippen molar-refractivity contribution in [2.24, 2.45) is 0 Å². The van der Waals surface area contributed by atoms with Gasteiger partial charge in [0.2, 0.25) is 10.0 Å². The number of nitrogens with zero attached hydrogens (tertiary/aromatic N) is 2. The van der Waals surface area contributed by atoms with Crippen LogP contribution in [0.3, 0.4) is 0 Å². The largest absolute Gasteiger partial charge is 0.390 e. The zero-order valence-electron chi connectivity index (χ0n) is 10.2. The van der Waals surface area contributed by atoms with Crippen molar-refractivity contribution in [3.05, 3.63) is 23.5 Å². The van der Waals surface area contributed by atoms with E-state index in [0.29, 0.717) is 5.69 Å². The molecule has 1 heterocycles. The third-order valence-electron chi connectivity index (χ3n) is 2.27. The SMILES string of the molecule is C=C(C)CN(C)S(=O)(=O)c1c(CO)n[nH]c1C. The first-order valence-corrected chi connectivity index (χ1v) is 6.50. The highest BCUT2D eigenvalue weighted by Crippen LogP contribution is 2.21. The van der Waals surface area contributed by atoms with E-state index in [0.717, 1.165) is 5.57 Å². The maximum Gasteiger partial charge on any atom is 0.246 e. The first kappa shape index (κ1) is 13.9. The minimum absolute atomic E-state index is 0.0451. The van der Waals surface area contributed by atoms with Crippen LogP contribution >= 0.6 is 0 Å². The summed E-state index contributed by atoms with van der Waals surface area (Å²) >= 11 is 0. The summed E-state index contributed by atoms with van der Waals surface area (Å²) in [5, 5.41) is 15.4. The Morgan fingerprint density at radius 3 is 2.65 bits per heavy atom. The van der Waals surface area contributed by atoms with E-state index in [2.05, 4.69) is 16.8 Å². The Hall–Kier alpha value is -1.18. The number of nitrogens with one attached hydrogen (secondary N) is 1. The molecule has 0 aliphatic rings. The van der Waals surface area contributed by atoms with Gasteiger partial charge in [-0.1, -0.05) is 12.2 Å². The fourth-order valence-corrected chi connectivity index (χ4v) is 3.08. The second kappa shape index (κ2) is 4.99. The Morgan fingerprint density at radius 1 is 1.59 bits per heavy atom. The molecule has 0 amide bonds. The molecule has 0 spiro atoms. The number of aliphatic hydroxyl groups is 1. The second-order valence-electron chi connectivity index (χ2n) is 4.00. The first-order chi connectivity index (χ1) is 7.80. The number of hydrogen-bond donors (Lipinski definition) is 2. The molecule has 0 unspecified atom stereocenters. The number of hydrogen-bond acceptors (Lipinski definition) is 4. The van der Waals surface area contributed by atoms with Gasteiger partial charge in [0.05, 0.1) is 12.3 Å². The maximum absolute atomic E-state index is 12.2. The van der Waals surface area contributed by atoms with Crippen molar-refractivity contribution in [3.8, 4) is 0 Å². The number of likely N-dealkylation sites (N-methyl/N-ethyl adjacent to an activating group) is 1. The van der Waals surface area contributed by atoms with Gasteiger partial charge < -0.3 is 5.11 Å². The molecule has 1 rings (SSSR count). The number of aromatic nitrogens is 2. The molecule has 0 saturated carbocycles. The summed E-state index contributed by atoms with van der Waals surface area (Å²) in [5.74, 6) is 0. The van der Waals surface area contributed by atoms with Gasteiger partial charge in [-0.25, -0.2) is 8.42 Å². The summed E-state index contributed by atoms with van der Waals surface area (Å²) in [6, 6.07) is 0. The molecule has 0 fully saturated rings. The van der Waals surface area contributed by atoms with E-state index < -0.39 is 16.6 Å². The number of H-pyrrole nitrogens is 1. The summed E-state index contributed by atoms with van der Waals surface area (Å²) in [4.78, 5) is 0.0451. The fraction of sp³-hybridized carbons (Fsp3) is 0.500. The lowest BCUT2D eigenvalue weighted by atomic mass is 10.4. The smallest absolute Gasteiger partial charge is 0.246 e. The third-order valence-corrected chi connectivity index (χ3v) is 4.28. The van der Waals surface area contributed by atoms with Crippen molar-refractivity contribution >= 4 is 10.0 Å². The van der Waals surface area contributed by atoms with Gasteiger partial charge in [-0.15, -0.1) is 0 Å². The lowest BCUT2D eigenvalue weighted by molar-refractivity contribution is 0.273. The zero-order chi connectivity index (χ0) is 13.2. The number of rotatable bonds is 5. The molecule has 0 aliphatic heterocycles. The molecular weight excluding hydrogens is 242 g/mol. The summed E-state index contributed by atoms with van der Waals surface area (Å²) < 4.78 is 25.7. The Bertz CT molecular complexity index is 519. The van der Waals surface area contributed by atoms with Crippen LogP contribution in [0.1, 0.15) is 18.3 Å². The van der Waals surface area contributed by atoms with Gasteiger partial charge in [-0.3, -0.25) is 5.10 Å². The predicted molar refractivity (Wildman–Crippen MR) is 63.9 cm³/mol. The van der Waals surface area contributed by atoms with E-state index in [1.807, 2.05) is 0 Å². The van der Waals surface area contributed by atoms with Crippen LogP contribution in [-0.4, -0.2) is 41.6 Å². The molecule has 0 radical (unpaired) electrons. The van der Waals surface area contributed by atoms with E-state index in [4.69, 9.17) is 5.11 Å². The number of aromatic amines is 1. The van der Waals surface area contributed by atoms with Crippen molar-refractivity contribution in [2.45, 2.75) is 25.3 Å². The van der Waals surface area contributed by atoms with E-state index in [9.17, 15) is 8.42 Å². The van der Waals surface area contributed by atoms with Crippen LogP contribution < -0.4 is 0 Å². The minimum atomic E-state index is -3.65. The molecule has 1 aromatic heterocycles. The van der Waals surface area contributed by atoms with Crippen LogP contribution in [0.15, 0.2) is 17.0 Å². The zero-order valence-corrected chi connectivity index (χ0v) is 11.0. The highest BCUT2D eigenvalue weighted by molar-refractivity contribution is 7.89. The lowest BCUT2D eigenvalue weighted by Gasteiger charge is -2.17. The van der Waals surface area contributed by atoms with Crippen LogP contribution in [-0.2, 0) is 16.6 Å². The Balaban J connectivity index is 3.21. The van der Waals surface area contributed by atoms with Gasteiger partial charge in [0.15, 0.2) is 0 Å². The number of aryl methyl sites for hydroxylation is 1. The highest BCUT2D eigenvalue weighted by Gasteiger charge is 2.27. The molecule has 0 aliphatic carbocycles. The highest BCUT2D eigenvalue weighted by atomic mass is 32.2. The van der Waals surface area contributed by atoms with E-state index in [-0.39, 0.29) is 17.1 Å². The van der Waals surface area contributed by atoms with Crippen molar-refractivity contribution < 1.29 is 13.5 Å². The van der Waals surface area contributed by atoms with E-state index >= 15 is 0 Å². The summed E-state index contributed by atoms with van der Waals surface area (Å²) in [5.41, 5.74) is 1.29. The Kier molecular flexibility index (Phi) is 4.07. The number of sulfonamides is 1. The molecule has 2 N–H and O–H groups in total. The Morgan fingerprint density at radius 2 is 2.18 bits per heavy atom. The van der Waals surface area contributed by atoms with Gasteiger partial charge in [-0.05, 0) is 13.8 Å². The van der Waals surface area contributed by atoms with Crippen LogP contribution in [0.25, 0.3) is 0 Å². The van der Waals surface area contributed by atoms with Gasteiger partial charge in [-0.2, -0.15) is 9.40 Å². The average molecular weight is 259 g/mol. The quantitative estimate of drug-likeness (QED) is 0.750. The maximum atomic E-state index is 12.2. The summed E-state index contributed by atoms with van der Waals surface area (Å²) in [6.07, 6.45) is 0. The third kappa shape index (κ3) is 2.74. The van der Waals surface area contributed by atoms with Crippen LogP contribution in [0.5, 0.6) is 0 Å². The average Bonchev–Trinajstić information content (AvgIpc) is 2.58. The van der Waals surface area contributed by atoms with E-state index in [1.165, 1.54) is 11.4 Å². The lowest BCUT2D eigenvalue weighted by Crippen LogP contribution is -2.29. The van der Waals surface area contributed by atoms with E-state index in [1.54, 1.807) is 13.8 Å². The standard InChI is InChI=1S/C10H17N3O3S/c1-7(2)5-13(4)17(15,16)10-8(3)11-12-9(10)6-14/h14H,1,5-6H2,2-4H3,(H,11,12). The molecule has 0 aromatic carbocycles. The van der Waals surface area contributed by atoms with Gasteiger partial charge in [0.25, 0.3) is 0 Å². The Labute approximate surface area is 101 Å². The molecule has 17 heavy (non-hydrogen) atoms. The normalized spacial score (nSPS) is 12.1. The van der Waals surface area contributed by atoms with Crippen LogP contribution in [0.4, 0.5) is 0 Å². The van der Waals surface area contributed by atoms with Gasteiger partial charge in [0, 0.05) is 13.6 Å². The second-order valence-corrected chi connectivity index (χ2v) is 5.98. The first-order valence-electron chi connectivity index (χ1n) is 5.06. The molecule has 7 heteroatoms. The van der Waals surface area contributed by atoms with Gasteiger partial charge >= 0.3 is 0 Å². The predicted octanol–water partition coefficient (Wildman–Crippen LogP) is 0.407. The summed E-state index contributed by atoms with van der Waals surface area (Å²) in [6.45, 7) is 6.85. The van der Waals surface area contributed by atoms with Crippen molar-refractivity contribution in [3.63, 3.8) is 0 Å². The molecular formula is C10H17N3O3S. The number of aliphatic hydroxyl groups excluding tert-OH is 1. The molecule has 6 nitrogen and oxygen atoms in total. The van der Waals surface area contributed by atoms with Crippen LogP contribution in [0.2, 0.25) is 0 Å². The topological polar surface area (TPSA) is 86.3 Å². The fourth-order valence-electron chi connectivity index (χ4n) is 1.54. The van der Waals surface area contributed by atoms with Crippen LogP contribution in [0, 0.1) is 6.92 Å². The van der Waals surface area contributed by atoms with Crippen molar-refractivity contribution in [2.75, 3.05) is 13.6 Å². The molecule has 0 saturated heterocycles. The molecule has 0 atom stereocenters. The van der Waals surface area contributed by atoms with Crippen molar-refractivity contribution in [1.82, 2.24) is 14.5 Å². The summed E-state index contributed by atoms with van der Waals surface area (Å²) in [7, 11) is -2.18. The van der Waals surface area contributed by atoms with Gasteiger partial charge in [0.1, 0.15) is 10.6 Å². The van der Waals surface area contributed by atoms with Crippen molar-refractivity contribution in [1.29, 1.82) is 0 Å². The monoisotopic (exact) mass is 259 g/mol. The molecule has 1 aromatic rings.